The van der Waals surface area contributed by atoms with E-state index in [1.54, 1.807) is 0 Å². The van der Waals surface area contributed by atoms with E-state index < -0.39 is 6.10 Å². The molecule has 1 unspecified atom stereocenters. The average Bonchev–Trinajstić information content (AvgIpc) is 3.46. The van der Waals surface area contributed by atoms with Crippen LogP contribution in [0.4, 0.5) is 0 Å². The van der Waals surface area contributed by atoms with Crippen LogP contribution in [-0.2, 0) is 28.6 Å². The fraction of sp³-hybridized carbons (Fsp3) is 0.827. The van der Waals surface area contributed by atoms with Gasteiger partial charge in [-0.15, -0.1) is 0 Å². The molecular weight excluding hydrogens is 997 g/mol. The van der Waals surface area contributed by atoms with E-state index in [-0.39, 0.29) is 31.1 Å². The van der Waals surface area contributed by atoms with Crippen molar-refractivity contribution < 1.29 is 28.6 Å². The lowest BCUT2D eigenvalue weighted by molar-refractivity contribution is -0.167. The number of carbonyl (C=O) groups is 3. The summed E-state index contributed by atoms with van der Waals surface area (Å²) in [7, 11) is 0. The first-order chi connectivity index (χ1) is 40.0. The molecule has 6 heteroatoms. The lowest BCUT2D eigenvalue weighted by atomic mass is 10.0. The Morgan fingerprint density at radius 2 is 0.444 bits per heavy atom. The van der Waals surface area contributed by atoms with Crippen molar-refractivity contribution in [2.24, 2.45) is 0 Å². The molecule has 0 amide bonds. The number of carbonyl (C=O) groups excluding carboxylic acids is 3. The standard InChI is InChI=1S/C75H136O6/c1-4-7-10-13-16-19-22-25-27-29-31-33-35-37-39-41-43-45-47-50-53-56-59-62-65-68-74(77)80-71-72(70-79-73(76)67-64-61-58-55-52-49-24-21-18-15-12-9-6-3)81-75(78)69-66-63-60-57-54-51-48-46-44-42-40-38-36-34-32-30-28-26-23-20-17-14-11-8-5-2/h22-23,25-26,29-32,35,37,72H,4-21,24,27-28,33-34,36,38-71H2,1-3H3/b25-22-,26-23-,31-29-,32-30-,37-35-. The molecule has 0 aromatic rings. The van der Waals surface area contributed by atoms with Crippen LogP contribution in [0.1, 0.15) is 380 Å². The highest BCUT2D eigenvalue weighted by atomic mass is 16.6. The van der Waals surface area contributed by atoms with E-state index in [1.807, 2.05) is 0 Å². The van der Waals surface area contributed by atoms with Gasteiger partial charge in [-0.2, -0.15) is 0 Å². The molecule has 0 radical (unpaired) electrons. The van der Waals surface area contributed by atoms with E-state index >= 15 is 0 Å². The summed E-state index contributed by atoms with van der Waals surface area (Å²) in [4.78, 5) is 38.4. The zero-order valence-corrected chi connectivity index (χ0v) is 54.3. The molecule has 0 saturated carbocycles. The number of hydrogen-bond donors (Lipinski definition) is 0. The van der Waals surface area contributed by atoms with Gasteiger partial charge in [0.1, 0.15) is 13.2 Å². The van der Waals surface area contributed by atoms with Crippen molar-refractivity contribution in [1.82, 2.24) is 0 Å². The summed E-state index contributed by atoms with van der Waals surface area (Å²) in [6, 6.07) is 0. The summed E-state index contributed by atoms with van der Waals surface area (Å²) in [5.41, 5.74) is 0. The van der Waals surface area contributed by atoms with Gasteiger partial charge in [0.25, 0.3) is 0 Å². The van der Waals surface area contributed by atoms with Gasteiger partial charge in [-0.05, 0) is 89.9 Å². The van der Waals surface area contributed by atoms with E-state index in [9.17, 15) is 14.4 Å². The minimum atomic E-state index is -0.776. The van der Waals surface area contributed by atoms with Crippen molar-refractivity contribution in [3.05, 3.63) is 60.8 Å². The Hall–Kier alpha value is -2.89. The first kappa shape index (κ1) is 78.1. The fourth-order valence-electron chi connectivity index (χ4n) is 10.6. The normalized spacial score (nSPS) is 12.4. The van der Waals surface area contributed by atoms with Crippen LogP contribution >= 0.6 is 0 Å². The number of ether oxygens (including phenoxy) is 3. The van der Waals surface area contributed by atoms with Crippen molar-refractivity contribution >= 4 is 17.9 Å². The molecule has 6 nitrogen and oxygen atoms in total. The summed E-state index contributed by atoms with van der Waals surface area (Å²) in [5, 5.41) is 0. The maximum Gasteiger partial charge on any atom is 0.306 e. The number of rotatable bonds is 66. The highest BCUT2D eigenvalue weighted by Gasteiger charge is 2.19. The van der Waals surface area contributed by atoms with E-state index in [0.717, 1.165) is 77.0 Å². The fourth-order valence-corrected chi connectivity index (χ4v) is 10.6. The predicted molar refractivity (Wildman–Crippen MR) is 353 cm³/mol. The predicted octanol–water partition coefficient (Wildman–Crippen LogP) is 24.7. The Morgan fingerprint density at radius 3 is 0.691 bits per heavy atom. The van der Waals surface area contributed by atoms with E-state index in [2.05, 4.69) is 81.5 Å². The zero-order valence-electron chi connectivity index (χ0n) is 54.3. The largest absolute Gasteiger partial charge is 0.462 e. The van der Waals surface area contributed by atoms with E-state index in [0.29, 0.717) is 19.3 Å². The third kappa shape index (κ3) is 67.8. The van der Waals surface area contributed by atoms with Gasteiger partial charge >= 0.3 is 17.9 Å². The molecule has 0 aliphatic heterocycles. The number of unbranched alkanes of at least 4 members (excludes halogenated alkanes) is 45. The zero-order chi connectivity index (χ0) is 58.5. The molecule has 1 atom stereocenters. The van der Waals surface area contributed by atoms with Gasteiger partial charge in [0.2, 0.25) is 0 Å². The number of esters is 3. The van der Waals surface area contributed by atoms with Crippen LogP contribution in [0.5, 0.6) is 0 Å². The minimum Gasteiger partial charge on any atom is -0.462 e. The first-order valence-electron chi connectivity index (χ1n) is 35.8. The third-order valence-corrected chi connectivity index (χ3v) is 16.0. The highest BCUT2D eigenvalue weighted by Crippen LogP contribution is 2.18. The summed E-state index contributed by atoms with van der Waals surface area (Å²) >= 11 is 0. The third-order valence-electron chi connectivity index (χ3n) is 16.0. The second kappa shape index (κ2) is 69.6. The second-order valence-electron chi connectivity index (χ2n) is 24.1. The summed E-state index contributed by atoms with van der Waals surface area (Å²) in [6.07, 6.45) is 89.6. The Bertz CT molecular complexity index is 1440. The van der Waals surface area contributed by atoms with E-state index in [1.165, 1.54) is 263 Å². The Morgan fingerprint density at radius 1 is 0.247 bits per heavy atom. The summed E-state index contributed by atoms with van der Waals surface area (Å²) in [5.74, 6) is -0.852. The van der Waals surface area contributed by atoms with Gasteiger partial charge in [-0.25, -0.2) is 0 Å². The van der Waals surface area contributed by atoms with Crippen LogP contribution in [0.25, 0.3) is 0 Å². The van der Waals surface area contributed by atoms with Crippen molar-refractivity contribution in [2.45, 2.75) is 386 Å². The molecule has 0 aliphatic carbocycles. The molecule has 0 aromatic heterocycles. The Balaban J connectivity index is 4.27. The summed E-state index contributed by atoms with van der Waals surface area (Å²) < 4.78 is 17.0. The van der Waals surface area contributed by atoms with Crippen LogP contribution in [0.2, 0.25) is 0 Å². The van der Waals surface area contributed by atoms with Gasteiger partial charge in [0.15, 0.2) is 6.10 Å². The molecule has 0 bridgehead atoms. The van der Waals surface area contributed by atoms with Crippen LogP contribution in [0.3, 0.4) is 0 Å². The SMILES string of the molecule is CCCCCCC/C=C\C/C=C\C/C=C\CCCCCCCCCCCCC(=O)OCC(COC(=O)CCCCCCCCCCCCCCC)OC(=O)CCCCCCCCCCCCCCC/C=C\C/C=C\CCCCCCC. The molecule has 0 rings (SSSR count). The molecule has 472 valence electrons. The minimum absolute atomic E-state index is 0.0712. The monoisotopic (exact) mass is 1130 g/mol. The lowest BCUT2D eigenvalue weighted by Crippen LogP contribution is -2.30. The quantitative estimate of drug-likeness (QED) is 0.0261. The number of allylic oxidation sites excluding steroid dienone is 10. The molecular formula is C75H136O6. The van der Waals surface area contributed by atoms with Gasteiger partial charge in [0, 0.05) is 19.3 Å². The lowest BCUT2D eigenvalue weighted by Gasteiger charge is -2.18. The molecule has 0 spiro atoms. The van der Waals surface area contributed by atoms with Gasteiger partial charge < -0.3 is 14.2 Å². The smallest absolute Gasteiger partial charge is 0.306 e. The number of hydrogen-bond acceptors (Lipinski definition) is 6. The molecule has 0 N–H and O–H groups in total. The molecule has 0 fully saturated rings. The van der Waals surface area contributed by atoms with Crippen LogP contribution in [0, 0.1) is 0 Å². The summed E-state index contributed by atoms with van der Waals surface area (Å²) in [6.45, 7) is 6.67. The Kier molecular flexibility index (Phi) is 67.1. The van der Waals surface area contributed by atoms with Crippen molar-refractivity contribution in [3.8, 4) is 0 Å². The van der Waals surface area contributed by atoms with E-state index in [4.69, 9.17) is 14.2 Å². The Labute approximate surface area is 504 Å². The topological polar surface area (TPSA) is 78.9 Å². The molecule has 0 saturated heterocycles. The average molecular weight is 1130 g/mol. The maximum absolute atomic E-state index is 13.0. The second-order valence-corrected chi connectivity index (χ2v) is 24.1. The molecule has 0 aliphatic rings. The van der Waals surface area contributed by atoms with Crippen LogP contribution in [-0.4, -0.2) is 37.2 Å². The molecule has 0 aromatic carbocycles. The highest BCUT2D eigenvalue weighted by molar-refractivity contribution is 5.71. The molecule has 0 heterocycles. The van der Waals surface area contributed by atoms with Gasteiger partial charge in [-0.3, -0.25) is 14.4 Å². The van der Waals surface area contributed by atoms with Crippen molar-refractivity contribution in [3.63, 3.8) is 0 Å². The van der Waals surface area contributed by atoms with Crippen LogP contribution < -0.4 is 0 Å². The molecule has 81 heavy (non-hydrogen) atoms. The first-order valence-corrected chi connectivity index (χ1v) is 35.8. The van der Waals surface area contributed by atoms with Gasteiger partial charge in [-0.1, -0.05) is 332 Å². The maximum atomic E-state index is 13.0. The van der Waals surface area contributed by atoms with Crippen LogP contribution in [0.15, 0.2) is 60.8 Å². The van der Waals surface area contributed by atoms with Crippen molar-refractivity contribution in [2.75, 3.05) is 13.2 Å². The van der Waals surface area contributed by atoms with Crippen molar-refractivity contribution in [1.29, 1.82) is 0 Å². The van der Waals surface area contributed by atoms with Gasteiger partial charge in [0.05, 0.1) is 0 Å².